The average Bonchev–Trinajstić information content (AvgIpc) is 2.15. The SMILES string of the molecule is C/C=C/Cc1ccc(C(=O)O)cn1. The van der Waals surface area contributed by atoms with Gasteiger partial charge in [-0.1, -0.05) is 12.2 Å². The first-order chi connectivity index (χ1) is 6.24. The van der Waals surface area contributed by atoms with E-state index in [1.807, 2.05) is 19.1 Å². The predicted octanol–water partition coefficient (Wildman–Crippen LogP) is 1.90. The van der Waals surface area contributed by atoms with Crippen LogP contribution in [0.15, 0.2) is 30.5 Å². The Morgan fingerprint density at radius 2 is 2.38 bits per heavy atom. The van der Waals surface area contributed by atoms with Gasteiger partial charge in [0, 0.05) is 18.3 Å². The van der Waals surface area contributed by atoms with Gasteiger partial charge in [-0.15, -0.1) is 0 Å². The molecule has 0 aliphatic heterocycles. The maximum Gasteiger partial charge on any atom is 0.337 e. The van der Waals surface area contributed by atoms with Crippen molar-refractivity contribution in [3.8, 4) is 0 Å². The molecule has 0 radical (unpaired) electrons. The minimum atomic E-state index is -0.940. The Balaban J connectivity index is 2.75. The lowest BCUT2D eigenvalue weighted by Gasteiger charge is -1.96. The van der Waals surface area contributed by atoms with Crippen LogP contribution in [-0.4, -0.2) is 16.1 Å². The Labute approximate surface area is 76.7 Å². The topological polar surface area (TPSA) is 50.2 Å². The van der Waals surface area contributed by atoms with E-state index in [4.69, 9.17) is 5.11 Å². The van der Waals surface area contributed by atoms with E-state index in [-0.39, 0.29) is 5.56 Å². The quantitative estimate of drug-likeness (QED) is 0.717. The number of carboxylic acid groups (broad SMARTS) is 1. The van der Waals surface area contributed by atoms with Crippen LogP contribution in [0.5, 0.6) is 0 Å². The number of nitrogens with zero attached hydrogens (tertiary/aromatic N) is 1. The second kappa shape index (κ2) is 4.40. The van der Waals surface area contributed by atoms with Gasteiger partial charge in [0.15, 0.2) is 0 Å². The number of carboxylic acids is 1. The van der Waals surface area contributed by atoms with Crippen LogP contribution in [-0.2, 0) is 6.42 Å². The van der Waals surface area contributed by atoms with E-state index in [0.717, 1.165) is 12.1 Å². The maximum absolute atomic E-state index is 10.5. The number of allylic oxidation sites excluding steroid dienone is 2. The summed E-state index contributed by atoms with van der Waals surface area (Å²) in [4.78, 5) is 14.5. The minimum absolute atomic E-state index is 0.226. The van der Waals surface area contributed by atoms with Crippen LogP contribution < -0.4 is 0 Å². The highest BCUT2D eigenvalue weighted by Crippen LogP contribution is 2.01. The van der Waals surface area contributed by atoms with Crippen molar-refractivity contribution >= 4 is 5.97 Å². The van der Waals surface area contributed by atoms with Crippen molar-refractivity contribution in [2.24, 2.45) is 0 Å². The van der Waals surface area contributed by atoms with E-state index in [1.165, 1.54) is 6.20 Å². The van der Waals surface area contributed by atoms with Crippen molar-refractivity contribution in [3.63, 3.8) is 0 Å². The molecule has 3 nitrogen and oxygen atoms in total. The van der Waals surface area contributed by atoms with E-state index >= 15 is 0 Å². The van der Waals surface area contributed by atoms with E-state index in [9.17, 15) is 4.79 Å². The van der Waals surface area contributed by atoms with E-state index < -0.39 is 5.97 Å². The Morgan fingerprint density at radius 3 is 2.85 bits per heavy atom. The molecule has 0 fully saturated rings. The molecular weight excluding hydrogens is 166 g/mol. The Kier molecular flexibility index (Phi) is 3.20. The van der Waals surface area contributed by atoms with Gasteiger partial charge >= 0.3 is 5.97 Å². The van der Waals surface area contributed by atoms with E-state index in [0.29, 0.717) is 0 Å². The summed E-state index contributed by atoms with van der Waals surface area (Å²) in [6.07, 6.45) is 6.03. The molecule has 0 aromatic carbocycles. The number of rotatable bonds is 3. The average molecular weight is 177 g/mol. The molecule has 0 bridgehead atoms. The standard InChI is InChI=1S/C10H11NO2/c1-2-3-4-9-6-5-8(7-11-9)10(12)13/h2-3,5-7H,4H2,1H3,(H,12,13)/b3-2+. The largest absolute Gasteiger partial charge is 0.478 e. The second-order valence-corrected chi connectivity index (χ2v) is 2.62. The van der Waals surface area contributed by atoms with Crippen LogP contribution in [0.2, 0.25) is 0 Å². The normalized spacial score (nSPS) is 10.5. The highest BCUT2D eigenvalue weighted by molar-refractivity contribution is 5.87. The maximum atomic E-state index is 10.5. The Morgan fingerprint density at radius 1 is 1.62 bits per heavy atom. The van der Waals surface area contributed by atoms with Crippen LogP contribution in [0, 0.1) is 0 Å². The fourth-order valence-electron chi connectivity index (χ4n) is 0.910. The minimum Gasteiger partial charge on any atom is -0.478 e. The van der Waals surface area contributed by atoms with Crippen LogP contribution in [0.1, 0.15) is 23.0 Å². The fraction of sp³-hybridized carbons (Fsp3) is 0.200. The zero-order chi connectivity index (χ0) is 9.68. The predicted molar refractivity (Wildman–Crippen MR) is 49.7 cm³/mol. The third-order valence-corrected chi connectivity index (χ3v) is 1.63. The van der Waals surface area contributed by atoms with Gasteiger partial charge in [0.2, 0.25) is 0 Å². The lowest BCUT2D eigenvalue weighted by Crippen LogP contribution is -1.98. The van der Waals surface area contributed by atoms with Crippen molar-refractivity contribution in [3.05, 3.63) is 41.7 Å². The highest BCUT2D eigenvalue weighted by atomic mass is 16.4. The van der Waals surface area contributed by atoms with Crippen molar-refractivity contribution < 1.29 is 9.90 Å². The molecule has 13 heavy (non-hydrogen) atoms. The van der Waals surface area contributed by atoms with Gasteiger partial charge in [-0.2, -0.15) is 0 Å². The summed E-state index contributed by atoms with van der Waals surface area (Å²) in [6, 6.07) is 3.29. The first kappa shape index (κ1) is 9.45. The second-order valence-electron chi connectivity index (χ2n) is 2.62. The molecular formula is C10H11NO2. The summed E-state index contributed by atoms with van der Waals surface area (Å²) in [5.74, 6) is -0.940. The molecule has 0 amide bonds. The van der Waals surface area contributed by atoms with Gasteiger partial charge in [-0.05, 0) is 19.1 Å². The van der Waals surface area contributed by atoms with E-state index in [1.54, 1.807) is 12.1 Å². The Bertz CT molecular complexity index is 314. The van der Waals surface area contributed by atoms with Crippen LogP contribution >= 0.6 is 0 Å². The van der Waals surface area contributed by atoms with Gasteiger partial charge in [0.05, 0.1) is 5.56 Å². The lowest BCUT2D eigenvalue weighted by molar-refractivity contribution is 0.0696. The third-order valence-electron chi connectivity index (χ3n) is 1.63. The van der Waals surface area contributed by atoms with Gasteiger partial charge < -0.3 is 5.11 Å². The van der Waals surface area contributed by atoms with Crippen LogP contribution in [0.4, 0.5) is 0 Å². The monoisotopic (exact) mass is 177 g/mol. The van der Waals surface area contributed by atoms with Crippen molar-refractivity contribution in [1.82, 2.24) is 4.98 Å². The molecule has 1 N–H and O–H groups in total. The molecule has 1 aromatic heterocycles. The molecule has 0 atom stereocenters. The molecule has 68 valence electrons. The molecule has 1 rings (SSSR count). The van der Waals surface area contributed by atoms with Gasteiger partial charge in [-0.25, -0.2) is 4.79 Å². The van der Waals surface area contributed by atoms with Crippen LogP contribution in [0.25, 0.3) is 0 Å². The highest BCUT2D eigenvalue weighted by Gasteiger charge is 2.01. The van der Waals surface area contributed by atoms with Gasteiger partial charge in [0.1, 0.15) is 0 Å². The van der Waals surface area contributed by atoms with Crippen LogP contribution in [0.3, 0.4) is 0 Å². The molecule has 0 spiro atoms. The fourth-order valence-corrected chi connectivity index (χ4v) is 0.910. The first-order valence-corrected chi connectivity index (χ1v) is 4.03. The molecule has 0 unspecified atom stereocenters. The number of hydrogen-bond acceptors (Lipinski definition) is 2. The first-order valence-electron chi connectivity index (χ1n) is 4.03. The molecule has 0 saturated carbocycles. The smallest absolute Gasteiger partial charge is 0.337 e. The third kappa shape index (κ3) is 2.71. The number of aromatic nitrogens is 1. The summed E-state index contributed by atoms with van der Waals surface area (Å²) in [7, 11) is 0. The van der Waals surface area contributed by atoms with E-state index in [2.05, 4.69) is 4.98 Å². The summed E-state index contributed by atoms with van der Waals surface area (Å²) in [6.45, 7) is 1.94. The van der Waals surface area contributed by atoms with Gasteiger partial charge in [-0.3, -0.25) is 4.98 Å². The molecule has 1 heterocycles. The molecule has 0 saturated heterocycles. The van der Waals surface area contributed by atoms with Crippen molar-refractivity contribution in [1.29, 1.82) is 0 Å². The molecule has 3 heteroatoms. The lowest BCUT2D eigenvalue weighted by atomic mass is 10.2. The van der Waals surface area contributed by atoms with Gasteiger partial charge in [0.25, 0.3) is 0 Å². The summed E-state index contributed by atoms with van der Waals surface area (Å²) < 4.78 is 0. The molecule has 1 aromatic rings. The number of pyridine rings is 1. The van der Waals surface area contributed by atoms with Crippen molar-refractivity contribution in [2.45, 2.75) is 13.3 Å². The zero-order valence-electron chi connectivity index (χ0n) is 7.40. The molecule has 0 aliphatic carbocycles. The number of carbonyl (C=O) groups is 1. The number of aromatic carboxylic acids is 1. The molecule has 0 aliphatic rings. The summed E-state index contributed by atoms with van der Waals surface area (Å²) >= 11 is 0. The summed E-state index contributed by atoms with van der Waals surface area (Å²) in [5, 5.41) is 8.60. The van der Waals surface area contributed by atoms with Crippen molar-refractivity contribution in [2.75, 3.05) is 0 Å². The summed E-state index contributed by atoms with van der Waals surface area (Å²) in [5.41, 5.74) is 1.10. The Hall–Kier alpha value is -1.64. The number of hydrogen-bond donors (Lipinski definition) is 1. The zero-order valence-corrected chi connectivity index (χ0v) is 7.40.